The van der Waals surface area contributed by atoms with Crippen LogP contribution >= 0.6 is 0 Å². The molecule has 2 aliphatic heterocycles. The van der Waals surface area contributed by atoms with E-state index >= 15 is 0 Å². The molecular formula is C22H25N3O6S. The van der Waals surface area contributed by atoms with Crippen molar-refractivity contribution in [2.24, 2.45) is 0 Å². The van der Waals surface area contributed by atoms with E-state index in [0.717, 1.165) is 24.0 Å². The average molecular weight is 460 g/mol. The van der Waals surface area contributed by atoms with Crippen molar-refractivity contribution < 1.29 is 22.9 Å². The minimum absolute atomic E-state index is 0.0400. The number of anilines is 1. The SMILES string of the molecule is Cc1ccc(OCC(=O)N2CCCc3cc(S(=O)(=O)N4CCCC4)ccc32)c([N+](=O)[O-])c1. The molecule has 4 rings (SSSR count). The third-order valence-corrected chi connectivity index (χ3v) is 7.73. The number of rotatable bonds is 6. The predicted molar refractivity (Wildman–Crippen MR) is 118 cm³/mol. The number of nitro groups is 1. The number of fused-ring (bicyclic) bond motifs is 1. The second kappa shape index (κ2) is 8.87. The van der Waals surface area contributed by atoms with Crippen LogP contribution in [0.4, 0.5) is 11.4 Å². The zero-order valence-electron chi connectivity index (χ0n) is 17.8. The summed E-state index contributed by atoms with van der Waals surface area (Å²) in [5, 5.41) is 11.3. The number of hydrogen-bond acceptors (Lipinski definition) is 6. The molecule has 1 amide bonds. The lowest BCUT2D eigenvalue weighted by atomic mass is 10.0. The lowest BCUT2D eigenvalue weighted by Gasteiger charge is -2.30. The number of aryl methyl sites for hydroxylation is 2. The topological polar surface area (TPSA) is 110 Å². The van der Waals surface area contributed by atoms with Gasteiger partial charge in [-0.2, -0.15) is 4.31 Å². The molecule has 2 aromatic carbocycles. The maximum Gasteiger partial charge on any atom is 0.311 e. The van der Waals surface area contributed by atoms with Crippen molar-refractivity contribution in [3.63, 3.8) is 0 Å². The van der Waals surface area contributed by atoms with Crippen LogP contribution in [0.15, 0.2) is 41.3 Å². The Bertz CT molecular complexity index is 1160. The van der Waals surface area contributed by atoms with Gasteiger partial charge in [0.1, 0.15) is 0 Å². The quantitative estimate of drug-likeness (QED) is 0.485. The molecule has 9 nitrogen and oxygen atoms in total. The lowest BCUT2D eigenvalue weighted by Crippen LogP contribution is -2.39. The Morgan fingerprint density at radius 2 is 1.84 bits per heavy atom. The standard InChI is InChI=1S/C22H25N3O6S/c1-16-6-9-21(20(13-16)25(27)28)31-15-22(26)24-12-4-5-17-14-18(7-8-19(17)24)32(29,30)23-10-2-3-11-23/h6-9,13-14H,2-5,10-12,15H2,1H3. The fourth-order valence-corrected chi connectivity index (χ4v) is 5.75. The van der Waals surface area contributed by atoms with Crippen molar-refractivity contribution in [3.8, 4) is 5.75 Å². The van der Waals surface area contributed by atoms with Gasteiger partial charge in [0.05, 0.1) is 9.82 Å². The summed E-state index contributed by atoms with van der Waals surface area (Å²) in [6.07, 6.45) is 3.10. The van der Waals surface area contributed by atoms with E-state index in [2.05, 4.69) is 0 Å². The second-order valence-electron chi connectivity index (χ2n) is 8.07. The van der Waals surface area contributed by atoms with Crippen LogP contribution in [0.3, 0.4) is 0 Å². The number of nitrogens with zero attached hydrogens (tertiary/aromatic N) is 3. The maximum atomic E-state index is 12.9. The number of carbonyl (C=O) groups is 1. The molecule has 2 aromatic rings. The molecule has 0 N–H and O–H groups in total. The smallest absolute Gasteiger partial charge is 0.311 e. The summed E-state index contributed by atoms with van der Waals surface area (Å²) in [5.74, 6) is -0.297. The molecule has 0 aromatic heterocycles. The molecule has 1 fully saturated rings. The first-order chi connectivity index (χ1) is 15.3. The average Bonchev–Trinajstić information content (AvgIpc) is 3.33. The molecule has 2 aliphatic rings. The Morgan fingerprint density at radius 1 is 1.09 bits per heavy atom. The van der Waals surface area contributed by atoms with E-state index in [1.165, 1.54) is 16.4 Å². The van der Waals surface area contributed by atoms with E-state index in [0.29, 0.717) is 38.2 Å². The molecule has 1 saturated heterocycles. The molecule has 2 heterocycles. The van der Waals surface area contributed by atoms with E-state index in [4.69, 9.17) is 4.74 Å². The Labute approximate surface area is 186 Å². The summed E-state index contributed by atoms with van der Waals surface area (Å²) in [5.41, 5.74) is 1.99. The molecule has 0 unspecified atom stereocenters. The first kappa shape index (κ1) is 22.2. The minimum Gasteiger partial charge on any atom is -0.477 e. The number of sulfonamides is 1. The van der Waals surface area contributed by atoms with E-state index in [1.807, 2.05) is 0 Å². The highest BCUT2D eigenvalue weighted by Crippen LogP contribution is 2.32. The summed E-state index contributed by atoms with van der Waals surface area (Å²) < 4.78 is 32.7. The van der Waals surface area contributed by atoms with Crippen molar-refractivity contribution in [3.05, 3.63) is 57.6 Å². The minimum atomic E-state index is -3.53. The first-order valence-corrected chi connectivity index (χ1v) is 12.0. The van der Waals surface area contributed by atoms with Crippen molar-refractivity contribution in [1.82, 2.24) is 4.31 Å². The second-order valence-corrected chi connectivity index (χ2v) is 10.0. The number of ether oxygens (including phenoxy) is 1. The summed E-state index contributed by atoms with van der Waals surface area (Å²) in [6, 6.07) is 9.45. The molecule has 0 atom stereocenters. The van der Waals surface area contributed by atoms with Crippen LogP contribution < -0.4 is 9.64 Å². The third-order valence-electron chi connectivity index (χ3n) is 5.84. The first-order valence-electron chi connectivity index (χ1n) is 10.6. The molecule has 170 valence electrons. The summed E-state index contributed by atoms with van der Waals surface area (Å²) in [6.45, 7) is 2.93. The fourth-order valence-electron chi connectivity index (χ4n) is 4.18. The lowest BCUT2D eigenvalue weighted by molar-refractivity contribution is -0.385. The largest absolute Gasteiger partial charge is 0.477 e. The summed E-state index contributed by atoms with van der Waals surface area (Å²) in [4.78, 5) is 25.4. The number of amides is 1. The van der Waals surface area contributed by atoms with Crippen LogP contribution in [0.25, 0.3) is 0 Å². The zero-order chi connectivity index (χ0) is 22.9. The molecule has 0 radical (unpaired) electrons. The highest BCUT2D eigenvalue weighted by atomic mass is 32.2. The normalized spacial score (nSPS) is 16.6. The van der Waals surface area contributed by atoms with Gasteiger partial charge in [0.2, 0.25) is 10.0 Å². The zero-order valence-corrected chi connectivity index (χ0v) is 18.6. The van der Waals surface area contributed by atoms with Gasteiger partial charge in [-0.25, -0.2) is 8.42 Å². The van der Waals surface area contributed by atoms with Crippen molar-refractivity contribution in [2.75, 3.05) is 31.1 Å². The summed E-state index contributed by atoms with van der Waals surface area (Å²) >= 11 is 0. The predicted octanol–water partition coefficient (Wildman–Crippen LogP) is 3.05. The number of benzene rings is 2. The highest BCUT2D eigenvalue weighted by Gasteiger charge is 2.30. The number of nitro benzene ring substituents is 1. The Morgan fingerprint density at radius 3 is 2.56 bits per heavy atom. The van der Waals surface area contributed by atoms with Gasteiger partial charge < -0.3 is 9.64 Å². The van der Waals surface area contributed by atoms with Gasteiger partial charge in [-0.15, -0.1) is 0 Å². The van der Waals surface area contributed by atoms with Crippen LogP contribution in [-0.2, 0) is 21.2 Å². The van der Waals surface area contributed by atoms with Crippen LogP contribution in [0.2, 0.25) is 0 Å². The molecule has 32 heavy (non-hydrogen) atoms. The monoisotopic (exact) mass is 459 g/mol. The van der Waals surface area contributed by atoms with Crippen LogP contribution in [0.1, 0.15) is 30.4 Å². The Balaban J connectivity index is 1.52. The highest BCUT2D eigenvalue weighted by molar-refractivity contribution is 7.89. The Hall–Kier alpha value is -2.98. The maximum absolute atomic E-state index is 12.9. The van der Waals surface area contributed by atoms with Crippen LogP contribution in [0.5, 0.6) is 5.75 Å². The van der Waals surface area contributed by atoms with Gasteiger partial charge in [0, 0.05) is 31.4 Å². The molecule has 10 heteroatoms. The van der Waals surface area contributed by atoms with Gasteiger partial charge in [0.25, 0.3) is 5.91 Å². The van der Waals surface area contributed by atoms with Gasteiger partial charge >= 0.3 is 5.69 Å². The van der Waals surface area contributed by atoms with Crippen LogP contribution in [0, 0.1) is 17.0 Å². The van der Waals surface area contributed by atoms with Crippen LogP contribution in [-0.4, -0.2) is 49.8 Å². The molecular weight excluding hydrogens is 434 g/mol. The number of carbonyl (C=O) groups excluding carboxylic acids is 1. The van der Waals surface area contributed by atoms with Crippen molar-refractivity contribution >= 4 is 27.3 Å². The van der Waals surface area contributed by atoms with Gasteiger partial charge in [-0.05, 0) is 68.0 Å². The van der Waals surface area contributed by atoms with Gasteiger partial charge in [-0.1, -0.05) is 6.07 Å². The van der Waals surface area contributed by atoms with Crippen molar-refractivity contribution in [2.45, 2.75) is 37.5 Å². The molecule has 0 aliphatic carbocycles. The summed E-state index contributed by atoms with van der Waals surface area (Å²) in [7, 11) is -3.53. The Kier molecular flexibility index (Phi) is 6.16. The fraction of sp³-hybridized carbons (Fsp3) is 0.409. The van der Waals surface area contributed by atoms with E-state index < -0.39 is 14.9 Å². The van der Waals surface area contributed by atoms with Gasteiger partial charge in [-0.3, -0.25) is 14.9 Å². The van der Waals surface area contributed by atoms with Gasteiger partial charge in [0.15, 0.2) is 12.4 Å². The molecule has 0 saturated carbocycles. The van der Waals surface area contributed by atoms with E-state index in [9.17, 15) is 23.3 Å². The van der Waals surface area contributed by atoms with Crippen molar-refractivity contribution in [1.29, 1.82) is 0 Å². The number of hydrogen-bond donors (Lipinski definition) is 0. The molecule has 0 spiro atoms. The third kappa shape index (κ3) is 4.33. The molecule has 0 bridgehead atoms. The van der Waals surface area contributed by atoms with E-state index in [1.54, 1.807) is 36.1 Å². The van der Waals surface area contributed by atoms with E-state index in [-0.39, 0.29) is 28.8 Å².